The summed E-state index contributed by atoms with van der Waals surface area (Å²) in [6.07, 6.45) is 10.7. The minimum atomic E-state index is 0.217. The summed E-state index contributed by atoms with van der Waals surface area (Å²) in [7, 11) is 0. The molecule has 4 nitrogen and oxygen atoms in total. The van der Waals surface area contributed by atoms with Gasteiger partial charge < -0.3 is 14.5 Å². The van der Waals surface area contributed by atoms with Crippen molar-refractivity contribution in [3.8, 4) is 0 Å². The zero-order chi connectivity index (χ0) is 18.3. The molecule has 0 aromatic carbocycles. The number of aliphatic hydroxyl groups excluding tert-OH is 1. The van der Waals surface area contributed by atoms with Crippen molar-refractivity contribution >= 4 is 5.91 Å². The molecule has 0 aliphatic carbocycles. The number of aliphatic hydroxyl groups is 1. The Labute approximate surface area is 150 Å². The van der Waals surface area contributed by atoms with Gasteiger partial charge in [0.05, 0.1) is 32.8 Å². The summed E-state index contributed by atoms with van der Waals surface area (Å²) >= 11 is 0. The molecule has 0 fully saturated rings. The van der Waals surface area contributed by atoms with Crippen LogP contribution in [0.3, 0.4) is 0 Å². The molecule has 0 rings (SSSR count). The van der Waals surface area contributed by atoms with Gasteiger partial charge in [-0.3, -0.25) is 4.79 Å². The molecular formula is C20H41N2O2+. The number of carbonyl (C=O) groups excluding carboxylic acids is 1. The number of quaternary nitrogens is 1. The lowest BCUT2D eigenvalue weighted by Crippen LogP contribution is -2.53. The lowest BCUT2D eigenvalue weighted by Gasteiger charge is -2.38. The maximum atomic E-state index is 12.4. The first kappa shape index (κ1) is 23.1. The highest BCUT2D eigenvalue weighted by Gasteiger charge is 2.24. The third kappa shape index (κ3) is 9.43. The first-order valence-corrected chi connectivity index (χ1v) is 9.94. The van der Waals surface area contributed by atoms with Crippen molar-refractivity contribution in [1.29, 1.82) is 0 Å². The standard InChI is InChI=1S/C20H41N2O2/c1-5-9-10-11-12-13-14-15-20(24)21(6-2)16-17-22(7-3,8-4)18-19-23/h5,9,23H,6-8,10-19H2,1-4H3/q+1/b9-5+. The molecule has 142 valence electrons. The van der Waals surface area contributed by atoms with Gasteiger partial charge in [-0.2, -0.15) is 0 Å². The summed E-state index contributed by atoms with van der Waals surface area (Å²) < 4.78 is 0.894. The molecule has 24 heavy (non-hydrogen) atoms. The van der Waals surface area contributed by atoms with Gasteiger partial charge >= 0.3 is 0 Å². The van der Waals surface area contributed by atoms with Gasteiger partial charge in [0.1, 0.15) is 6.54 Å². The zero-order valence-corrected chi connectivity index (χ0v) is 16.6. The third-order valence-electron chi connectivity index (χ3n) is 5.24. The molecule has 0 unspecified atom stereocenters. The van der Waals surface area contributed by atoms with Crippen molar-refractivity contribution in [2.45, 2.75) is 66.2 Å². The van der Waals surface area contributed by atoms with Crippen LogP contribution in [0, 0.1) is 0 Å². The van der Waals surface area contributed by atoms with E-state index in [-0.39, 0.29) is 6.61 Å². The van der Waals surface area contributed by atoms with Crippen LogP contribution in [-0.4, -0.2) is 66.3 Å². The van der Waals surface area contributed by atoms with Crippen LogP contribution in [0.15, 0.2) is 12.2 Å². The van der Waals surface area contributed by atoms with Crippen LogP contribution in [0.2, 0.25) is 0 Å². The highest BCUT2D eigenvalue weighted by atomic mass is 16.3. The van der Waals surface area contributed by atoms with Gasteiger partial charge in [0.25, 0.3) is 0 Å². The molecule has 4 heteroatoms. The van der Waals surface area contributed by atoms with Crippen LogP contribution in [-0.2, 0) is 4.79 Å². The first-order valence-electron chi connectivity index (χ1n) is 9.94. The largest absolute Gasteiger partial charge is 0.391 e. The van der Waals surface area contributed by atoms with E-state index in [9.17, 15) is 9.90 Å². The summed E-state index contributed by atoms with van der Waals surface area (Å²) in [5, 5.41) is 9.32. The maximum Gasteiger partial charge on any atom is 0.222 e. The van der Waals surface area contributed by atoms with Gasteiger partial charge in [0, 0.05) is 13.0 Å². The Hall–Kier alpha value is -0.870. The summed E-state index contributed by atoms with van der Waals surface area (Å²) in [5.74, 6) is 0.292. The molecular weight excluding hydrogens is 300 g/mol. The average Bonchev–Trinajstić information content (AvgIpc) is 2.60. The van der Waals surface area contributed by atoms with Gasteiger partial charge in [-0.15, -0.1) is 0 Å². The summed E-state index contributed by atoms with van der Waals surface area (Å²) in [6, 6.07) is 0. The van der Waals surface area contributed by atoms with Crippen molar-refractivity contribution in [2.24, 2.45) is 0 Å². The Balaban J connectivity index is 4.16. The monoisotopic (exact) mass is 341 g/mol. The molecule has 0 aromatic rings. The van der Waals surface area contributed by atoms with Crippen LogP contribution in [0.5, 0.6) is 0 Å². The van der Waals surface area contributed by atoms with Crippen LogP contribution < -0.4 is 0 Å². The third-order valence-corrected chi connectivity index (χ3v) is 5.24. The number of nitrogens with zero attached hydrogens (tertiary/aromatic N) is 2. The van der Waals surface area contributed by atoms with Crippen molar-refractivity contribution < 1.29 is 14.4 Å². The van der Waals surface area contributed by atoms with E-state index in [2.05, 4.69) is 39.8 Å². The molecule has 0 saturated carbocycles. The molecule has 0 aliphatic heterocycles. The van der Waals surface area contributed by atoms with E-state index >= 15 is 0 Å². The Morgan fingerprint density at radius 2 is 1.71 bits per heavy atom. The highest BCUT2D eigenvalue weighted by Crippen LogP contribution is 2.10. The Bertz CT molecular complexity index is 339. The Morgan fingerprint density at radius 1 is 1.04 bits per heavy atom. The topological polar surface area (TPSA) is 40.5 Å². The number of likely N-dealkylation sites (N-methyl/N-ethyl adjacent to an activating group) is 2. The van der Waals surface area contributed by atoms with Gasteiger partial charge in [-0.25, -0.2) is 0 Å². The second-order valence-electron chi connectivity index (χ2n) is 6.64. The first-order chi connectivity index (χ1) is 11.6. The zero-order valence-electron chi connectivity index (χ0n) is 16.6. The van der Waals surface area contributed by atoms with Gasteiger partial charge in [-0.1, -0.05) is 25.0 Å². The minimum Gasteiger partial charge on any atom is -0.391 e. The van der Waals surface area contributed by atoms with Crippen molar-refractivity contribution in [1.82, 2.24) is 4.90 Å². The van der Waals surface area contributed by atoms with Crippen LogP contribution in [0.1, 0.15) is 66.2 Å². The molecule has 0 aliphatic rings. The van der Waals surface area contributed by atoms with E-state index in [1.807, 2.05) is 4.90 Å². The molecule has 1 N–H and O–H groups in total. The summed E-state index contributed by atoms with van der Waals surface area (Å²) in [5.41, 5.74) is 0. The molecule has 0 aromatic heterocycles. The highest BCUT2D eigenvalue weighted by molar-refractivity contribution is 5.76. The van der Waals surface area contributed by atoms with E-state index < -0.39 is 0 Å². The van der Waals surface area contributed by atoms with E-state index in [4.69, 9.17) is 0 Å². The fourth-order valence-corrected chi connectivity index (χ4v) is 3.19. The number of rotatable bonds is 15. The number of allylic oxidation sites excluding steroid dienone is 2. The quantitative estimate of drug-likeness (QED) is 0.281. The molecule has 0 radical (unpaired) electrons. The predicted octanol–water partition coefficient (Wildman–Crippen LogP) is 3.60. The van der Waals surface area contributed by atoms with E-state index in [0.29, 0.717) is 12.3 Å². The predicted molar refractivity (Wildman–Crippen MR) is 103 cm³/mol. The SMILES string of the molecule is C/C=C/CCCCCCC(=O)N(CC)CC[N+](CC)(CC)CCO. The summed E-state index contributed by atoms with van der Waals surface area (Å²) in [4.78, 5) is 14.4. The number of hydrogen-bond donors (Lipinski definition) is 1. The average molecular weight is 342 g/mol. The molecule has 0 heterocycles. The van der Waals surface area contributed by atoms with E-state index in [1.54, 1.807) is 0 Å². The van der Waals surface area contributed by atoms with Crippen LogP contribution >= 0.6 is 0 Å². The second kappa shape index (κ2) is 14.5. The lowest BCUT2D eigenvalue weighted by atomic mass is 10.1. The second-order valence-corrected chi connectivity index (χ2v) is 6.64. The van der Waals surface area contributed by atoms with Crippen molar-refractivity contribution in [3.05, 3.63) is 12.2 Å². The lowest BCUT2D eigenvalue weighted by molar-refractivity contribution is -0.924. The molecule has 0 saturated heterocycles. The number of carbonyl (C=O) groups is 1. The van der Waals surface area contributed by atoms with Crippen molar-refractivity contribution in [2.75, 3.05) is 45.9 Å². The minimum absolute atomic E-state index is 0.217. The number of hydrogen-bond acceptors (Lipinski definition) is 2. The van der Waals surface area contributed by atoms with E-state index in [0.717, 1.165) is 63.0 Å². The van der Waals surface area contributed by atoms with Gasteiger partial charge in [-0.05, 0) is 47.0 Å². The molecule has 1 amide bonds. The Kier molecular flexibility index (Phi) is 13.9. The Morgan fingerprint density at radius 3 is 2.25 bits per heavy atom. The maximum absolute atomic E-state index is 12.4. The fraction of sp³-hybridized carbons (Fsp3) is 0.850. The van der Waals surface area contributed by atoms with Crippen LogP contribution in [0.4, 0.5) is 0 Å². The molecule has 0 bridgehead atoms. The van der Waals surface area contributed by atoms with Gasteiger partial charge in [0.15, 0.2) is 0 Å². The fourth-order valence-electron chi connectivity index (χ4n) is 3.19. The normalized spacial score (nSPS) is 12.0. The van der Waals surface area contributed by atoms with E-state index in [1.165, 1.54) is 12.8 Å². The van der Waals surface area contributed by atoms with Crippen LogP contribution in [0.25, 0.3) is 0 Å². The molecule has 0 spiro atoms. The van der Waals surface area contributed by atoms with Gasteiger partial charge in [0.2, 0.25) is 5.91 Å². The number of unbranched alkanes of at least 4 members (excludes halogenated alkanes) is 4. The summed E-state index contributed by atoms with van der Waals surface area (Å²) in [6.45, 7) is 14.0. The number of amides is 1. The molecule has 0 atom stereocenters. The van der Waals surface area contributed by atoms with Crippen molar-refractivity contribution in [3.63, 3.8) is 0 Å². The smallest absolute Gasteiger partial charge is 0.222 e.